The van der Waals surface area contributed by atoms with Gasteiger partial charge >= 0.3 is 5.97 Å². The molecule has 0 spiro atoms. The Bertz CT molecular complexity index is 369. The quantitative estimate of drug-likeness (QED) is 0.784. The van der Waals surface area contributed by atoms with Crippen LogP contribution in [0.15, 0.2) is 6.07 Å². The van der Waals surface area contributed by atoms with Gasteiger partial charge in [0.05, 0.1) is 18.0 Å². The van der Waals surface area contributed by atoms with E-state index < -0.39 is 5.97 Å². The molecule has 5 nitrogen and oxygen atoms in total. The second kappa shape index (κ2) is 4.02. The summed E-state index contributed by atoms with van der Waals surface area (Å²) in [6.07, 6.45) is 2.43. The van der Waals surface area contributed by atoms with Crippen molar-refractivity contribution in [2.24, 2.45) is 7.05 Å². The van der Waals surface area contributed by atoms with Crippen molar-refractivity contribution in [1.29, 1.82) is 0 Å². The van der Waals surface area contributed by atoms with E-state index in [4.69, 9.17) is 9.84 Å². The zero-order chi connectivity index (χ0) is 10.8. The molecule has 1 fully saturated rings. The molecule has 0 saturated heterocycles. The third kappa shape index (κ3) is 2.56. The molecule has 0 amide bonds. The molecule has 0 aliphatic heterocycles. The maximum absolute atomic E-state index is 10.3. The number of hydrogen-bond acceptors (Lipinski definition) is 3. The summed E-state index contributed by atoms with van der Waals surface area (Å²) >= 11 is 0. The van der Waals surface area contributed by atoms with Crippen LogP contribution in [0.2, 0.25) is 0 Å². The smallest absolute Gasteiger partial charge is 0.329 e. The van der Waals surface area contributed by atoms with E-state index in [1.54, 1.807) is 4.68 Å². The number of ether oxygens (including phenoxy) is 1. The molecule has 1 aromatic heterocycles. The molecule has 15 heavy (non-hydrogen) atoms. The molecule has 1 N–H and O–H groups in total. The maximum Gasteiger partial charge on any atom is 0.329 e. The van der Waals surface area contributed by atoms with Gasteiger partial charge in [0.2, 0.25) is 0 Å². The SMILES string of the molecule is Cn1nc(C2CC2)cc1COCC(=O)O. The number of aromatic nitrogens is 2. The van der Waals surface area contributed by atoms with Crippen LogP contribution in [0.5, 0.6) is 0 Å². The minimum atomic E-state index is -0.945. The molecule has 1 aromatic rings. The summed E-state index contributed by atoms with van der Waals surface area (Å²) in [6.45, 7) is 0.0481. The number of nitrogens with zero attached hydrogens (tertiary/aromatic N) is 2. The molecule has 0 atom stereocenters. The lowest BCUT2D eigenvalue weighted by atomic mass is 10.3. The fourth-order valence-corrected chi connectivity index (χ4v) is 1.49. The van der Waals surface area contributed by atoms with Gasteiger partial charge in [-0.25, -0.2) is 4.79 Å². The van der Waals surface area contributed by atoms with E-state index in [0.29, 0.717) is 12.5 Å². The minimum absolute atomic E-state index is 0.260. The van der Waals surface area contributed by atoms with Crippen LogP contribution in [0.3, 0.4) is 0 Å². The third-order valence-corrected chi connectivity index (χ3v) is 2.47. The van der Waals surface area contributed by atoms with Gasteiger partial charge in [0.25, 0.3) is 0 Å². The minimum Gasteiger partial charge on any atom is -0.480 e. The average Bonchev–Trinajstić information content (AvgIpc) is 2.93. The van der Waals surface area contributed by atoms with E-state index in [-0.39, 0.29) is 6.61 Å². The second-order valence-electron chi connectivity index (χ2n) is 3.84. The number of rotatable bonds is 5. The Morgan fingerprint density at radius 2 is 2.47 bits per heavy atom. The van der Waals surface area contributed by atoms with Crippen molar-refractivity contribution in [2.75, 3.05) is 6.61 Å². The van der Waals surface area contributed by atoms with Gasteiger partial charge in [-0.15, -0.1) is 0 Å². The third-order valence-electron chi connectivity index (χ3n) is 2.47. The first kappa shape index (κ1) is 10.2. The van der Waals surface area contributed by atoms with Crippen molar-refractivity contribution in [3.05, 3.63) is 17.5 Å². The Kier molecular flexibility index (Phi) is 2.73. The summed E-state index contributed by atoms with van der Waals surface area (Å²) < 4.78 is 6.77. The highest BCUT2D eigenvalue weighted by Gasteiger charge is 2.26. The first-order chi connectivity index (χ1) is 7.16. The van der Waals surface area contributed by atoms with Crippen molar-refractivity contribution in [3.63, 3.8) is 0 Å². The van der Waals surface area contributed by atoms with Gasteiger partial charge < -0.3 is 9.84 Å². The molecule has 82 valence electrons. The molecule has 5 heteroatoms. The normalized spacial score (nSPS) is 15.5. The molecule has 0 bridgehead atoms. The summed E-state index contributed by atoms with van der Waals surface area (Å²) in [7, 11) is 1.85. The van der Waals surface area contributed by atoms with Crippen LogP contribution >= 0.6 is 0 Å². The molecule has 1 aliphatic carbocycles. The fourth-order valence-electron chi connectivity index (χ4n) is 1.49. The first-order valence-corrected chi connectivity index (χ1v) is 4.99. The Labute approximate surface area is 87.7 Å². The maximum atomic E-state index is 10.3. The lowest BCUT2D eigenvalue weighted by Gasteiger charge is -2.00. The highest BCUT2D eigenvalue weighted by molar-refractivity contribution is 5.67. The average molecular weight is 210 g/mol. The van der Waals surface area contributed by atoms with E-state index in [0.717, 1.165) is 11.4 Å². The molecule has 0 aromatic carbocycles. The zero-order valence-corrected chi connectivity index (χ0v) is 8.64. The molecule has 1 heterocycles. The first-order valence-electron chi connectivity index (χ1n) is 4.99. The monoisotopic (exact) mass is 210 g/mol. The van der Waals surface area contributed by atoms with Gasteiger partial charge in [0, 0.05) is 13.0 Å². The van der Waals surface area contributed by atoms with Crippen LogP contribution in [-0.4, -0.2) is 27.5 Å². The van der Waals surface area contributed by atoms with Gasteiger partial charge in [0.15, 0.2) is 0 Å². The van der Waals surface area contributed by atoms with Gasteiger partial charge in [-0.2, -0.15) is 5.10 Å². The molecular weight excluding hydrogens is 196 g/mol. The number of carboxylic acid groups (broad SMARTS) is 1. The number of carbonyl (C=O) groups is 1. The van der Waals surface area contributed by atoms with Gasteiger partial charge in [-0.3, -0.25) is 4.68 Å². The van der Waals surface area contributed by atoms with Crippen LogP contribution in [-0.2, 0) is 23.2 Å². The van der Waals surface area contributed by atoms with Crippen molar-refractivity contribution in [3.8, 4) is 0 Å². The Morgan fingerprint density at radius 3 is 3.07 bits per heavy atom. The van der Waals surface area contributed by atoms with Crippen LogP contribution in [0.1, 0.15) is 30.1 Å². The van der Waals surface area contributed by atoms with Crippen molar-refractivity contribution < 1.29 is 14.6 Å². The van der Waals surface area contributed by atoms with Crippen LogP contribution in [0, 0.1) is 0 Å². The van der Waals surface area contributed by atoms with E-state index in [2.05, 4.69) is 5.10 Å². The van der Waals surface area contributed by atoms with Crippen molar-refractivity contribution >= 4 is 5.97 Å². The summed E-state index contributed by atoms with van der Waals surface area (Å²) in [5.74, 6) is -0.330. The van der Waals surface area contributed by atoms with Gasteiger partial charge in [-0.05, 0) is 18.9 Å². The van der Waals surface area contributed by atoms with Crippen molar-refractivity contribution in [2.45, 2.75) is 25.4 Å². The predicted octanol–water partition coefficient (Wildman–Crippen LogP) is 0.899. The lowest BCUT2D eigenvalue weighted by molar-refractivity contribution is -0.142. The molecule has 2 rings (SSSR count). The summed E-state index contributed by atoms with van der Waals surface area (Å²) in [5, 5.41) is 12.8. The van der Waals surface area contributed by atoms with E-state index in [1.807, 2.05) is 13.1 Å². The number of aryl methyl sites for hydroxylation is 1. The van der Waals surface area contributed by atoms with Gasteiger partial charge in [0.1, 0.15) is 6.61 Å². The Balaban J connectivity index is 1.92. The highest BCUT2D eigenvalue weighted by Crippen LogP contribution is 2.39. The lowest BCUT2D eigenvalue weighted by Crippen LogP contribution is -2.08. The number of carboxylic acids is 1. The molecular formula is C10H14N2O3. The Hall–Kier alpha value is -1.36. The summed E-state index contributed by atoms with van der Waals surface area (Å²) in [6, 6.07) is 2.00. The molecule has 0 unspecified atom stereocenters. The topological polar surface area (TPSA) is 64.4 Å². The molecule has 1 saturated carbocycles. The molecule has 1 aliphatic rings. The van der Waals surface area contributed by atoms with Crippen LogP contribution < -0.4 is 0 Å². The zero-order valence-electron chi connectivity index (χ0n) is 8.64. The van der Waals surface area contributed by atoms with E-state index in [9.17, 15) is 4.79 Å². The largest absolute Gasteiger partial charge is 0.480 e. The Morgan fingerprint density at radius 1 is 1.73 bits per heavy atom. The standard InChI is InChI=1S/C10H14N2O3/c1-12-8(5-15-6-10(13)14)4-9(11-12)7-2-3-7/h4,7H,2-3,5-6H2,1H3,(H,13,14). The highest BCUT2D eigenvalue weighted by atomic mass is 16.5. The molecule has 0 radical (unpaired) electrons. The summed E-state index contributed by atoms with van der Waals surface area (Å²) in [5.41, 5.74) is 2.03. The van der Waals surface area contributed by atoms with Crippen LogP contribution in [0.25, 0.3) is 0 Å². The second-order valence-corrected chi connectivity index (χ2v) is 3.84. The fraction of sp³-hybridized carbons (Fsp3) is 0.600. The predicted molar refractivity (Wildman–Crippen MR) is 52.5 cm³/mol. The van der Waals surface area contributed by atoms with Crippen molar-refractivity contribution in [1.82, 2.24) is 9.78 Å². The number of hydrogen-bond donors (Lipinski definition) is 1. The van der Waals surface area contributed by atoms with E-state index in [1.165, 1.54) is 12.8 Å². The van der Waals surface area contributed by atoms with E-state index >= 15 is 0 Å². The number of aliphatic carboxylic acids is 1. The summed E-state index contributed by atoms with van der Waals surface area (Å²) in [4.78, 5) is 10.3. The van der Waals surface area contributed by atoms with Crippen LogP contribution in [0.4, 0.5) is 0 Å². The van der Waals surface area contributed by atoms with Gasteiger partial charge in [-0.1, -0.05) is 0 Å².